The van der Waals surface area contributed by atoms with Crippen LogP contribution in [0.25, 0.3) is 0 Å². The van der Waals surface area contributed by atoms with E-state index in [9.17, 15) is 9.18 Å². The molecule has 3 heterocycles. The largest absolute Gasteiger partial charge is 0.329 e. The molecule has 140 valence electrons. The fourth-order valence-corrected chi connectivity index (χ4v) is 3.03. The average Bonchev–Trinajstić information content (AvgIpc) is 3.38. The minimum atomic E-state index is -0.304. The van der Waals surface area contributed by atoms with E-state index < -0.39 is 0 Å². The van der Waals surface area contributed by atoms with E-state index in [2.05, 4.69) is 30.6 Å². The summed E-state index contributed by atoms with van der Waals surface area (Å²) < 4.78 is 18.0. The summed E-state index contributed by atoms with van der Waals surface area (Å²) in [6, 6.07) is 5.78. The molecule has 0 radical (unpaired) electrons. The number of aromatic amines is 1. The first kappa shape index (κ1) is 17.1. The van der Waals surface area contributed by atoms with Crippen molar-refractivity contribution in [3.8, 4) is 0 Å². The SMILES string of the molecule is Cc1nc(C2CCN(C(=O)Nc3nc(Cc4ccc(F)cc4)no3)C2)n[nH]1. The summed E-state index contributed by atoms with van der Waals surface area (Å²) in [5.41, 5.74) is 0.847. The van der Waals surface area contributed by atoms with Crippen molar-refractivity contribution in [1.82, 2.24) is 30.2 Å². The summed E-state index contributed by atoms with van der Waals surface area (Å²) >= 11 is 0. The van der Waals surface area contributed by atoms with Crippen LogP contribution in [0.5, 0.6) is 0 Å². The molecule has 9 nitrogen and oxygen atoms in total. The molecule has 0 spiro atoms. The van der Waals surface area contributed by atoms with Gasteiger partial charge in [0, 0.05) is 25.4 Å². The third kappa shape index (κ3) is 3.94. The van der Waals surface area contributed by atoms with Gasteiger partial charge < -0.3 is 9.42 Å². The second-order valence-corrected chi connectivity index (χ2v) is 6.46. The van der Waals surface area contributed by atoms with E-state index >= 15 is 0 Å². The van der Waals surface area contributed by atoms with Gasteiger partial charge in [0.2, 0.25) is 0 Å². The fraction of sp³-hybridized carbons (Fsp3) is 0.353. The lowest BCUT2D eigenvalue weighted by Gasteiger charge is -2.14. The summed E-state index contributed by atoms with van der Waals surface area (Å²) in [4.78, 5) is 22.6. The van der Waals surface area contributed by atoms with Crippen molar-refractivity contribution < 1.29 is 13.7 Å². The molecule has 2 aromatic heterocycles. The smallest absolute Gasteiger partial charge is 0.324 e. The van der Waals surface area contributed by atoms with E-state index in [1.165, 1.54) is 12.1 Å². The number of nitrogens with one attached hydrogen (secondary N) is 2. The number of aromatic nitrogens is 5. The van der Waals surface area contributed by atoms with E-state index in [0.717, 1.165) is 23.6 Å². The highest BCUT2D eigenvalue weighted by molar-refractivity contribution is 5.87. The Labute approximate surface area is 154 Å². The van der Waals surface area contributed by atoms with E-state index in [4.69, 9.17) is 4.52 Å². The van der Waals surface area contributed by atoms with Crippen LogP contribution in [-0.4, -0.2) is 49.3 Å². The number of benzene rings is 1. The molecule has 27 heavy (non-hydrogen) atoms. The number of anilines is 1. The average molecular weight is 371 g/mol. The number of hydrogen-bond donors (Lipinski definition) is 2. The van der Waals surface area contributed by atoms with Crippen LogP contribution >= 0.6 is 0 Å². The third-order valence-electron chi connectivity index (χ3n) is 4.41. The topological polar surface area (TPSA) is 113 Å². The first-order valence-corrected chi connectivity index (χ1v) is 8.58. The second kappa shape index (κ2) is 7.14. The molecule has 2 N–H and O–H groups in total. The molecule has 10 heteroatoms. The predicted octanol–water partition coefficient (Wildman–Crippen LogP) is 2.25. The monoisotopic (exact) mass is 371 g/mol. The Bertz CT molecular complexity index is 937. The lowest BCUT2D eigenvalue weighted by Crippen LogP contribution is -2.33. The van der Waals surface area contributed by atoms with Gasteiger partial charge in [-0.15, -0.1) is 0 Å². The van der Waals surface area contributed by atoms with Gasteiger partial charge in [-0.1, -0.05) is 17.3 Å². The van der Waals surface area contributed by atoms with E-state index in [1.54, 1.807) is 17.0 Å². The summed E-state index contributed by atoms with van der Waals surface area (Å²) in [6.45, 7) is 2.97. The number of likely N-dealkylation sites (tertiary alicyclic amines) is 1. The number of carbonyl (C=O) groups excluding carboxylic acids is 1. The molecule has 3 aromatic rings. The van der Waals surface area contributed by atoms with Crippen LogP contribution in [0.1, 0.15) is 35.4 Å². The van der Waals surface area contributed by atoms with Gasteiger partial charge >= 0.3 is 12.0 Å². The molecule has 0 aliphatic carbocycles. The maximum Gasteiger partial charge on any atom is 0.329 e. The van der Waals surface area contributed by atoms with Crippen LogP contribution in [0.3, 0.4) is 0 Å². The number of hydrogen-bond acceptors (Lipinski definition) is 6. The molecule has 1 aromatic carbocycles. The van der Waals surface area contributed by atoms with Gasteiger partial charge in [-0.05, 0) is 31.0 Å². The molecule has 1 saturated heterocycles. The Hall–Kier alpha value is -3.30. The summed E-state index contributed by atoms with van der Waals surface area (Å²) in [5, 5.41) is 13.4. The van der Waals surface area contributed by atoms with Crippen LogP contribution in [0.4, 0.5) is 15.2 Å². The van der Waals surface area contributed by atoms with Crippen molar-refractivity contribution in [2.45, 2.75) is 25.7 Å². The Balaban J connectivity index is 1.33. The number of aryl methyl sites for hydroxylation is 1. The molecule has 0 bridgehead atoms. The van der Waals surface area contributed by atoms with Crippen molar-refractivity contribution in [3.05, 3.63) is 53.1 Å². The number of carbonyl (C=O) groups is 1. The number of urea groups is 1. The quantitative estimate of drug-likeness (QED) is 0.727. The second-order valence-electron chi connectivity index (χ2n) is 6.46. The van der Waals surface area contributed by atoms with E-state index in [1.807, 2.05) is 6.92 Å². The molecule has 2 amide bonds. The van der Waals surface area contributed by atoms with Crippen molar-refractivity contribution in [2.24, 2.45) is 0 Å². The highest BCUT2D eigenvalue weighted by Gasteiger charge is 2.30. The number of halogens is 1. The van der Waals surface area contributed by atoms with Crippen LogP contribution in [0.2, 0.25) is 0 Å². The number of nitrogens with zero attached hydrogens (tertiary/aromatic N) is 5. The van der Waals surface area contributed by atoms with Crippen LogP contribution in [-0.2, 0) is 6.42 Å². The maximum absolute atomic E-state index is 12.9. The van der Waals surface area contributed by atoms with Crippen molar-refractivity contribution in [3.63, 3.8) is 0 Å². The van der Waals surface area contributed by atoms with Gasteiger partial charge in [0.25, 0.3) is 0 Å². The Morgan fingerprint density at radius 3 is 2.93 bits per heavy atom. The number of amides is 2. The first-order chi connectivity index (χ1) is 13.1. The van der Waals surface area contributed by atoms with Crippen LogP contribution in [0.15, 0.2) is 28.8 Å². The highest BCUT2D eigenvalue weighted by Crippen LogP contribution is 2.25. The third-order valence-corrected chi connectivity index (χ3v) is 4.41. The number of H-pyrrole nitrogens is 1. The van der Waals surface area contributed by atoms with Gasteiger partial charge in [-0.2, -0.15) is 10.1 Å². The zero-order valence-electron chi connectivity index (χ0n) is 14.6. The first-order valence-electron chi connectivity index (χ1n) is 8.58. The predicted molar refractivity (Wildman–Crippen MR) is 92.6 cm³/mol. The summed E-state index contributed by atoms with van der Waals surface area (Å²) in [7, 11) is 0. The normalized spacial score (nSPS) is 16.7. The number of rotatable bonds is 4. The van der Waals surface area contributed by atoms with Crippen LogP contribution in [0, 0.1) is 12.7 Å². The molecule has 1 unspecified atom stereocenters. The summed E-state index contributed by atoms with van der Waals surface area (Å²) in [6.07, 6.45) is 1.18. The summed E-state index contributed by atoms with van der Waals surface area (Å²) in [5.74, 6) is 1.70. The maximum atomic E-state index is 12.9. The van der Waals surface area contributed by atoms with Crippen LogP contribution < -0.4 is 5.32 Å². The molecule has 1 aliphatic rings. The molecular formula is C17H18FN7O2. The fourth-order valence-electron chi connectivity index (χ4n) is 3.03. The molecular weight excluding hydrogens is 353 g/mol. The zero-order valence-corrected chi connectivity index (χ0v) is 14.6. The molecule has 0 saturated carbocycles. The van der Waals surface area contributed by atoms with Gasteiger partial charge in [0.1, 0.15) is 11.6 Å². The van der Waals surface area contributed by atoms with Gasteiger partial charge in [-0.25, -0.2) is 14.2 Å². The minimum absolute atomic E-state index is 0.0364. The Kier molecular flexibility index (Phi) is 4.53. The van der Waals surface area contributed by atoms with Crippen molar-refractivity contribution in [1.29, 1.82) is 0 Å². The van der Waals surface area contributed by atoms with E-state index in [-0.39, 0.29) is 23.8 Å². The lowest BCUT2D eigenvalue weighted by atomic mass is 10.1. The van der Waals surface area contributed by atoms with Crippen molar-refractivity contribution >= 4 is 12.0 Å². The van der Waals surface area contributed by atoms with Gasteiger partial charge in [0.15, 0.2) is 11.6 Å². The zero-order chi connectivity index (χ0) is 18.8. The molecule has 4 rings (SSSR count). The van der Waals surface area contributed by atoms with E-state index in [0.29, 0.717) is 25.3 Å². The highest BCUT2D eigenvalue weighted by atomic mass is 19.1. The molecule has 1 fully saturated rings. The Morgan fingerprint density at radius 2 is 2.19 bits per heavy atom. The van der Waals surface area contributed by atoms with Crippen molar-refractivity contribution in [2.75, 3.05) is 18.4 Å². The minimum Gasteiger partial charge on any atom is -0.324 e. The lowest BCUT2D eigenvalue weighted by molar-refractivity contribution is 0.220. The molecule has 1 aliphatic heterocycles. The Morgan fingerprint density at radius 1 is 1.37 bits per heavy atom. The standard InChI is InChI=1S/C17H18FN7O2/c1-10-19-15(23-22-10)12-6-7-25(9-12)17(26)21-16-20-14(24-27-16)8-11-2-4-13(18)5-3-11/h2-5,12H,6-9H2,1H3,(H,19,22,23)(H,20,21,24,26). The van der Waals surface area contributed by atoms with Gasteiger partial charge in [-0.3, -0.25) is 10.4 Å². The van der Waals surface area contributed by atoms with Gasteiger partial charge in [0.05, 0.1) is 0 Å². The molecule has 1 atom stereocenters.